The van der Waals surface area contributed by atoms with Crippen molar-refractivity contribution in [3.8, 4) is 0 Å². The van der Waals surface area contributed by atoms with E-state index in [4.69, 9.17) is 4.74 Å². The molecule has 2 bridgehead atoms. The molecule has 0 spiro atoms. The van der Waals surface area contributed by atoms with E-state index in [2.05, 4.69) is 31.6 Å². The molecule has 0 saturated carbocycles. The van der Waals surface area contributed by atoms with Gasteiger partial charge in [-0.3, -0.25) is 28.8 Å². The van der Waals surface area contributed by atoms with Gasteiger partial charge in [-0.2, -0.15) is 11.8 Å². The van der Waals surface area contributed by atoms with Crippen LogP contribution in [0.15, 0.2) is 35.7 Å². The zero-order valence-electron chi connectivity index (χ0n) is 30.4. The number of aromatic nitrogens is 1. The van der Waals surface area contributed by atoms with Gasteiger partial charge < -0.3 is 36.2 Å². The SMILES string of the molecule is CC[C@@H]1NC(=O)[C@@H](C)NC(=O)c2csc(n2)[C@H](C(C)C)NC(=O)CN(C(=O)[C@H]2CCCO2)C[C@H](Cc2ccccc2)NC(=O)[C@H](CCSC)NC1=O. The summed E-state index contributed by atoms with van der Waals surface area (Å²) in [6.45, 7) is 7.18. The van der Waals surface area contributed by atoms with Crippen LogP contribution < -0.4 is 26.6 Å². The molecule has 0 unspecified atom stereocenters. The van der Waals surface area contributed by atoms with E-state index in [-0.39, 0.29) is 37.0 Å². The van der Waals surface area contributed by atoms with Crippen LogP contribution in [0, 0.1) is 5.92 Å². The number of rotatable bonds is 8. The summed E-state index contributed by atoms with van der Waals surface area (Å²) in [6.07, 6.45) is 3.29. The maximum atomic E-state index is 14.0. The molecule has 1 aromatic heterocycles. The van der Waals surface area contributed by atoms with Crippen molar-refractivity contribution in [3.05, 3.63) is 52.0 Å². The fraction of sp³-hybridized carbons (Fsp3) is 0.583. The summed E-state index contributed by atoms with van der Waals surface area (Å²) in [5, 5.41) is 16.3. The van der Waals surface area contributed by atoms with Crippen LogP contribution in [0.5, 0.6) is 0 Å². The van der Waals surface area contributed by atoms with Gasteiger partial charge in [-0.25, -0.2) is 4.98 Å². The Hall–Kier alpha value is -4.02. The second kappa shape index (κ2) is 19.7. The van der Waals surface area contributed by atoms with Crippen molar-refractivity contribution < 1.29 is 33.5 Å². The number of nitrogens with zero attached hydrogens (tertiary/aromatic N) is 2. The van der Waals surface area contributed by atoms with Crippen molar-refractivity contribution in [2.24, 2.45) is 5.92 Å². The molecular formula is C36H51N7O7S2. The average molecular weight is 758 g/mol. The molecule has 14 nitrogen and oxygen atoms in total. The van der Waals surface area contributed by atoms with Crippen LogP contribution in [0.1, 0.15) is 80.5 Å². The van der Waals surface area contributed by atoms with E-state index in [1.165, 1.54) is 34.9 Å². The normalized spacial score (nSPS) is 25.7. The summed E-state index contributed by atoms with van der Waals surface area (Å²) >= 11 is 2.71. The van der Waals surface area contributed by atoms with E-state index in [1.54, 1.807) is 12.3 Å². The van der Waals surface area contributed by atoms with Crippen LogP contribution in [0.4, 0.5) is 0 Å². The number of carbonyl (C=O) groups is 6. The van der Waals surface area contributed by atoms with Crippen LogP contribution in [0.3, 0.4) is 0 Å². The Morgan fingerprint density at radius 2 is 1.71 bits per heavy atom. The Morgan fingerprint density at radius 1 is 1.00 bits per heavy atom. The minimum Gasteiger partial charge on any atom is -0.368 e. The van der Waals surface area contributed by atoms with Gasteiger partial charge in [-0.05, 0) is 62.5 Å². The fourth-order valence-electron chi connectivity index (χ4n) is 6.04. The topological polar surface area (TPSA) is 188 Å². The van der Waals surface area contributed by atoms with E-state index in [9.17, 15) is 28.8 Å². The van der Waals surface area contributed by atoms with Gasteiger partial charge in [0.15, 0.2) is 0 Å². The first-order valence-corrected chi connectivity index (χ1v) is 20.1. The summed E-state index contributed by atoms with van der Waals surface area (Å²) in [6, 6.07) is 5.34. The van der Waals surface area contributed by atoms with Crippen molar-refractivity contribution >= 4 is 58.5 Å². The van der Waals surface area contributed by atoms with E-state index >= 15 is 0 Å². The summed E-state index contributed by atoms with van der Waals surface area (Å²) in [5.74, 6) is -2.52. The molecule has 6 atom stereocenters. The van der Waals surface area contributed by atoms with Crippen molar-refractivity contribution in [2.75, 3.05) is 31.7 Å². The average Bonchev–Trinajstić information content (AvgIpc) is 3.84. The van der Waals surface area contributed by atoms with Gasteiger partial charge in [-0.1, -0.05) is 51.1 Å². The van der Waals surface area contributed by atoms with Crippen molar-refractivity contribution in [1.82, 2.24) is 36.5 Å². The van der Waals surface area contributed by atoms with Gasteiger partial charge in [0.1, 0.15) is 34.9 Å². The number of carbonyl (C=O) groups excluding carboxylic acids is 6. The monoisotopic (exact) mass is 757 g/mol. The summed E-state index contributed by atoms with van der Waals surface area (Å²) in [5.41, 5.74) is 0.984. The third kappa shape index (κ3) is 11.5. The highest BCUT2D eigenvalue weighted by molar-refractivity contribution is 7.98. The lowest BCUT2D eigenvalue weighted by Gasteiger charge is -2.31. The van der Waals surface area contributed by atoms with Gasteiger partial charge in [0.2, 0.25) is 23.6 Å². The number of hydrogen-bond donors (Lipinski definition) is 5. The van der Waals surface area contributed by atoms with Crippen LogP contribution in [-0.4, -0.2) is 107 Å². The molecule has 5 N–H and O–H groups in total. The smallest absolute Gasteiger partial charge is 0.271 e. The van der Waals surface area contributed by atoms with Gasteiger partial charge in [0.25, 0.3) is 11.8 Å². The molecular weight excluding hydrogens is 707 g/mol. The Morgan fingerprint density at radius 3 is 2.37 bits per heavy atom. The molecule has 16 heteroatoms. The predicted octanol–water partition coefficient (Wildman–Crippen LogP) is 1.96. The fourth-order valence-corrected chi connectivity index (χ4v) is 7.53. The van der Waals surface area contributed by atoms with E-state index in [0.717, 1.165) is 5.56 Å². The zero-order valence-corrected chi connectivity index (χ0v) is 32.1. The zero-order chi connectivity index (χ0) is 37.8. The first kappa shape index (κ1) is 40.7. The summed E-state index contributed by atoms with van der Waals surface area (Å²) in [4.78, 5) is 87.5. The third-order valence-electron chi connectivity index (χ3n) is 8.99. The number of benzene rings is 1. The van der Waals surface area contributed by atoms with Gasteiger partial charge >= 0.3 is 0 Å². The lowest BCUT2D eigenvalue weighted by Crippen LogP contribution is -2.58. The number of ether oxygens (including phenoxy) is 1. The highest BCUT2D eigenvalue weighted by Crippen LogP contribution is 2.25. The molecule has 2 aliphatic rings. The number of amides is 6. The largest absolute Gasteiger partial charge is 0.368 e. The molecule has 1 fully saturated rings. The Labute approximate surface area is 313 Å². The minimum atomic E-state index is -1.00. The quantitative estimate of drug-likeness (QED) is 0.268. The molecule has 0 radical (unpaired) electrons. The first-order valence-electron chi connectivity index (χ1n) is 17.8. The minimum absolute atomic E-state index is 0.00457. The lowest BCUT2D eigenvalue weighted by atomic mass is 10.0. The number of nitrogens with one attached hydrogen (secondary N) is 5. The number of hydrogen-bond acceptors (Lipinski definition) is 10. The molecule has 2 aromatic rings. The Kier molecular flexibility index (Phi) is 15.4. The summed E-state index contributed by atoms with van der Waals surface area (Å²) in [7, 11) is 0. The van der Waals surface area contributed by atoms with Crippen LogP contribution in [0.2, 0.25) is 0 Å². The van der Waals surface area contributed by atoms with E-state index in [0.29, 0.717) is 43.1 Å². The molecule has 2 aliphatic heterocycles. The Balaban J connectivity index is 1.73. The van der Waals surface area contributed by atoms with Crippen molar-refractivity contribution in [2.45, 2.75) is 96.1 Å². The first-order chi connectivity index (χ1) is 24.9. The highest BCUT2D eigenvalue weighted by Gasteiger charge is 2.34. The molecule has 0 aliphatic carbocycles. The maximum absolute atomic E-state index is 14.0. The Bertz CT molecular complexity index is 1550. The molecule has 6 amide bonds. The van der Waals surface area contributed by atoms with Gasteiger partial charge in [-0.15, -0.1) is 11.3 Å². The molecule has 4 rings (SSSR count). The second-order valence-corrected chi connectivity index (χ2v) is 15.4. The molecule has 52 heavy (non-hydrogen) atoms. The number of thiazole rings is 1. The second-order valence-electron chi connectivity index (χ2n) is 13.5. The highest BCUT2D eigenvalue weighted by atomic mass is 32.2. The van der Waals surface area contributed by atoms with Crippen LogP contribution in [-0.2, 0) is 35.1 Å². The van der Waals surface area contributed by atoms with E-state index < -0.39 is 65.8 Å². The van der Waals surface area contributed by atoms with Crippen molar-refractivity contribution in [3.63, 3.8) is 0 Å². The number of fused-ring (bicyclic) bond motifs is 2. The van der Waals surface area contributed by atoms with Gasteiger partial charge in [0, 0.05) is 18.5 Å². The van der Waals surface area contributed by atoms with Crippen LogP contribution >= 0.6 is 23.1 Å². The summed E-state index contributed by atoms with van der Waals surface area (Å²) < 4.78 is 5.74. The van der Waals surface area contributed by atoms with Crippen LogP contribution in [0.25, 0.3) is 0 Å². The molecule has 1 saturated heterocycles. The molecule has 1 aromatic carbocycles. The third-order valence-corrected chi connectivity index (χ3v) is 10.6. The maximum Gasteiger partial charge on any atom is 0.271 e. The van der Waals surface area contributed by atoms with Crippen molar-refractivity contribution in [1.29, 1.82) is 0 Å². The molecule has 284 valence electrons. The number of thioether (sulfide) groups is 1. The standard InChI is InChI=1S/C36H51N7O7S2/c1-6-25-32(46)40-26(14-16-51-5)33(47)38-24(17-23-11-8-7-9-12-23)18-43(36(49)28-13-10-15-50-28)19-29(44)42-30(21(2)3)35-41-27(20-52-35)34(48)37-22(4)31(45)39-25/h7-9,11-12,20-22,24-26,28,30H,6,10,13-19H2,1-5H3,(H,37,48)(H,38,47)(H,39,45)(H,40,46)(H,42,44)/t22-,24+,25+,26+,28-,30+/m1/s1. The molecule has 3 heterocycles. The van der Waals surface area contributed by atoms with E-state index in [1.807, 2.05) is 50.4 Å². The lowest BCUT2D eigenvalue weighted by molar-refractivity contribution is -0.144. The van der Waals surface area contributed by atoms with Gasteiger partial charge in [0.05, 0.1) is 18.6 Å². The predicted molar refractivity (Wildman–Crippen MR) is 200 cm³/mol.